The van der Waals surface area contributed by atoms with Crippen LogP contribution in [0.25, 0.3) is 0 Å². The number of benzene rings is 1. The van der Waals surface area contributed by atoms with Gasteiger partial charge in [0, 0.05) is 38.8 Å². The highest BCUT2D eigenvalue weighted by molar-refractivity contribution is 5.28. The maximum atomic E-state index is 10.2. The van der Waals surface area contributed by atoms with Crippen molar-refractivity contribution in [3.05, 3.63) is 47.5 Å². The first-order valence-corrected chi connectivity index (χ1v) is 8.14. The molecule has 1 aromatic carbocycles. The Balaban J connectivity index is 1.46. The molecule has 0 aliphatic carbocycles. The molecule has 2 aromatic rings. The van der Waals surface area contributed by atoms with E-state index in [1.165, 1.54) is 5.69 Å². The van der Waals surface area contributed by atoms with E-state index < -0.39 is 6.10 Å². The summed E-state index contributed by atoms with van der Waals surface area (Å²) < 4.78 is 7.71. The number of aromatic nitrogens is 2. The molecule has 0 saturated carbocycles. The zero-order chi connectivity index (χ0) is 16.9. The first-order valence-electron chi connectivity index (χ1n) is 8.14. The monoisotopic (exact) mass is 326 g/mol. The van der Waals surface area contributed by atoms with E-state index in [0.29, 0.717) is 18.7 Å². The fourth-order valence-corrected chi connectivity index (χ4v) is 3.01. The van der Waals surface area contributed by atoms with Crippen molar-refractivity contribution in [3.8, 4) is 11.8 Å². The second-order valence-electron chi connectivity index (χ2n) is 6.18. The molecule has 0 radical (unpaired) electrons. The lowest BCUT2D eigenvalue weighted by atomic mass is 10.1. The largest absolute Gasteiger partial charge is 0.491 e. The molecule has 0 unspecified atom stereocenters. The number of nitrogens with zero attached hydrogens (tertiary/aromatic N) is 4. The van der Waals surface area contributed by atoms with E-state index in [2.05, 4.69) is 20.5 Å². The zero-order valence-corrected chi connectivity index (χ0v) is 13.9. The normalized spacial score (nSPS) is 15.5. The number of fused-ring (bicyclic) bond motifs is 1. The summed E-state index contributed by atoms with van der Waals surface area (Å²) in [5, 5.41) is 18.9. The van der Waals surface area contributed by atoms with Gasteiger partial charge in [0.2, 0.25) is 0 Å². The van der Waals surface area contributed by atoms with Crippen LogP contribution >= 0.6 is 0 Å². The molecule has 1 aromatic heterocycles. The molecular weight excluding hydrogens is 304 g/mol. The van der Waals surface area contributed by atoms with Crippen LogP contribution in [-0.2, 0) is 26.4 Å². The van der Waals surface area contributed by atoms with Gasteiger partial charge in [0.15, 0.2) is 0 Å². The standard InChI is InChI=1S/C18H22N4O2/c1-21-13-20-17-11-22(9-7-18(17)21)10-15(23)12-24-16-4-2-14(3-5-16)6-8-19/h2-5,13,15,23H,6-7,9-12H2,1H3/t15-/m0/s1. The van der Waals surface area contributed by atoms with Crippen LogP contribution in [0.3, 0.4) is 0 Å². The van der Waals surface area contributed by atoms with Crippen molar-refractivity contribution in [3.63, 3.8) is 0 Å². The number of imidazole rings is 1. The fraction of sp³-hybridized carbons (Fsp3) is 0.444. The summed E-state index contributed by atoms with van der Waals surface area (Å²) in [4.78, 5) is 6.62. The first kappa shape index (κ1) is 16.5. The van der Waals surface area contributed by atoms with E-state index in [1.54, 1.807) is 0 Å². The minimum atomic E-state index is -0.547. The maximum Gasteiger partial charge on any atom is 0.119 e. The Morgan fingerprint density at radius 2 is 2.17 bits per heavy atom. The van der Waals surface area contributed by atoms with Crippen molar-refractivity contribution in [2.45, 2.75) is 25.5 Å². The van der Waals surface area contributed by atoms with E-state index in [0.717, 1.165) is 30.8 Å². The number of β-amino-alcohol motifs (C(OH)–C–C–N with tert-alkyl or cyclic N) is 1. The summed E-state index contributed by atoms with van der Waals surface area (Å²) in [7, 11) is 2.02. The van der Waals surface area contributed by atoms with Crippen molar-refractivity contribution in [2.75, 3.05) is 19.7 Å². The van der Waals surface area contributed by atoms with Gasteiger partial charge >= 0.3 is 0 Å². The van der Waals surface area contributed by atoms with Crippen LogP contribution in [0.15, 0.2) is 30.6 Å². The van der Waals surface area contributed by atoms with Crippen LogP contribution in [0, 0.1) is 11.3 Å². The molecule has 0 amide bonds. The lowest BCUT2D eigenvalue weighted by Crippen LogP contribution is -2.39. The summed E-state index contributed by atoms with van der Waals surface area (Å²) in [5.74, 6) is 0.710. The Morgan fingerprint density at radius 1 is 1.38 bits per heavy atom. The third-order valence-electron chi connectivity index (χ3n) is 4.30. The number of nitriles is 1. The Morgan fingerprint density at radius 3 is 2.92 bits per heavy atom. The zero-order valence-electron chi connectivity index (χ0n) is 13.9. The van der Waals surface area contributed by atoms with Gasteiger partial charge < -0.3 is 14.4 Å². The van der Waals surface area contributed by atoms with Gasteiger partial charge in [0.05, 0.1) is 24.5 Å². The van der Waals surface area contributed by atoms with Gasteiger partial charge in [-0.2, -0.15) is 5.26 Å². The average molecular weight is 326 g/mol. The van der Waals surface area contributed by atoms with E-state index in [1.807, 2.05) is 37.6 Å². The van der Waals surface area contributed by atoms with Gasteiger partial charge in [-0.25, -0.2) is 4.98 Å². The Labute approximate surface area is 141 Å². The molecule has 1 aliphatic rings. The first-order chi connectivity index (χ1) is 11.7. The van der Waals surface area contributed by atoms with Crippen molar-refractivity contribution in [1.82, 2.24) is 14.5 Å². The van der Waals surface area contributed by atoms with Crippen molar-refractivity contribution in [2.24, 2.45) is 7.05 Å². The third-order valence-corrected chi connectivity index (χ3v) is 4.30. The lowest BCUT2D eigenvalue weighted by Gasteiger charge is -2.28. The average Bonchev–Trinajstić information content (AvgIpc) is 2.95. The second kappa shape index (κ2) is 7.47. The van der Waals surface area contributed by atoms with Crippen LogP contribution in [0.1, 0.15) is 17.0 Å². The minimum absolute atomic E-state index is 0.253. The summed E-state index contributed by atoms with van der Waals surface area (Å²) in [6.07, 6.45) is 2.66. The molecule has 0 spiro atoms. The molecule has 0 bridgehead atoms. The Kier molecular flexibility index (Phi) is 5.14. The highest BCUT2D eigenvalue weighted by Crippen LogP contribution is 2.17. The maximum absolute atomic E-state index is 10.2. The van der Waals surface area contributed by atoms with Crippen LogP contribution in [0.4, 0.5) is 0 Å². The highest BCUT2D eigenvalue weighted by Gasteiger charge is 2.21. The van der Waals surface area contributed by atoms with Crippen molar-refractivity contribution >= 4 is 0 Å². The molecule has 2 heterocycles. The number of rotatable bonds is 6. The van der Waals surface area contributed by atoms with Gasteiger partial charge in [-0.3, -0.25) is 4.90 Å². The predicted octanol–water partition coefficient (Wildman–Crippen LogP) is 1.28. The number of aliphatic hydroxyl groups excluding tert-OH is 1. The van der Waals surface area contributed by atoms with E-state index in [4.69, 9.17) is 10.00 Å². The molecule has 1 atom stereocenters. The molecule has 6 heteroatoms. The number of aryl methyl sites for hydroxylation is 1. The predicted molar refractivity (Wildman–Crippen MR) is 89.4 cm³/mol. The molecule has 3 rings (SSSR count). The summed E-state index contributed by atoms with van der Waals surface area (Å²) in [6.45, 7) is 2.52. The number of ether oxygens (including phenoxy) is 1. The smallest absolute Gasteiger partial charge is 0.119 e. The molecule has 1 aliphatic heterocycles. The van der Waals surface area contributed by atoms with E-state index >= 15 is 0 Å². The quantitative estimate of drug-likeness (QED) is 0.866. The molecular formula is C18H22N4O2. The van der Waals surface area contributed by atoms with Crippen LogP contribution in [0.2, 0.25) is 0 Å². The van der Waals surface area contributed by atoms with Gasteiger partial charge in [-0.05, 0) is 17.7 Å². The van der Waals surface area contributed by atoms with Crippen molar-refractivity contribution < 1.29 is 9.84 Å². The topological polar surface area (TPSA) is 74.3 Å². The lowest BCUT2D eigenvalue weighted by molar-refractivity contribution is 0.0631. The summed E-state index contributed by atoms with van der Waals surface area (Å²) in [6, 6.07) is 9.53. The van der Waals surface area contributed by atoms with Crippen LogP contribution in [-0.4, -0.2) is 45.4 Å². The van der Waals surface area contributed by atoms with Gasteiger partial charge in [-0.1, -0.05) is 12.1 Å². The number of aliphatic hydroxyl groups is 1. The molecule has 126 valence electrons. The minimum Gasteiger partial charge on any atom is -0.491 e. The Hall–Kier alpha value is -2.36. The van der Waals surface area contributed by atoms with Gasteiger partial charge in [0.1, 0.15) is 18.5 Å². The van der Waals surface area contributed by atoms with Crippen LogP contribution < -0.4 is 4.74 Å². The van der Waals surface area contributed by atoms with Crippen LogP contribution in [0.5, 0.6) is 5.75 Å². The van der Waals surface area contributed by atoms with Gasteiger partial charge in [0.25, 0.3) is 0 Å². The summed E-state index contributed by atoms with van der Waals surface area (Å²) >= 11 is 0. The molecule has 24 heavy (non-hydrogen) atoms. The number of hydrogen-bond acceptors (Lipinski definition) is 5. The van der Waals surface area contributed by atoms with Gasteiger partial charge in [-0.15, -0.1) is 0 Å². The van der Waals surface area contributed by atoms with E-state index in [9.17, 15) is 5.11 Å². The molecule has 0 fully saturated rings. The fourth-order valence-electron chi connectivity index (χ4n) is 3.01. The molecule has 6 nitrogen and oxygen atoms in total. The SMILES string of the molecule is Cn1cnc2c1CCN(C[C@H](O)COc1ccc(CC#N)cc1)C2. The highest BCUT2D eigenvalue weighted by atomic mass is 16.5. The molecule has 0 saturated heterocycles. The number of hydrogen-bond donors (Lipinski definition) is 1. The third kappa shape index (κ3) is 3.94. The van der Waals surface area contributed by atoms with E-state index in [-0.39, 0.29) is 6.61 Å². The second-order valence-corrected chi connectivity index (χ2v) is 6.18. The molecule has 1 N–H and O–H groups in total. The Bertz CT molecular complexity index is 718. The van der Waals surface area contributed by atoms with Crippen molar-refractivity contribution in [1.29, 1.82) is 5.26 Å². The summed E-state index contributed by atoms with van der Waals surface area (Å²) in [5.41, 5.74) is 3.35.